The molecule has 4 fully saturated rings. The quantitative estimate of drug-likeness (QED) is 0.685. The van der Waals surface area contributed by atoms with Crippen molar-refractivity contribution in [3.8, 4) is 0 Å². The molecule has 1 aromatic carbocycles. The molecule has 5 rings (SSSR count). The minimum atomic E-state index is -2.56. The summed E-state index contributed by atoms with van der Waals surface area (Å²) in [5.41, 5.74) is 1.56. The van der Waals surface area contributed by atoms with E-state index in [9.17, 15) is 8.78 Å². The van der Waals surface area contributed by atoms with Crippen LogP contribution in [0.25, 0.3) is 0 Å². The maximum absolute atomic E-state index is 13.3. The molecule has 0 amide bonds. The molecule has 6 atom stereocenters. The monoisotopic (exact) mass is 440 g/mol. The third-order valence-corrected chi connectivity index (χ3v) is 6.53. The lowest BCUT2D eigenvalue weighted by molar-refractivity contribution is -0.345. The van der Waals surface area contributed by atoms with Crippen LogP contribution in [0.4, 0.5) is 8.78 Å². The third kappa shape index (κ3) is 4.38. The van der Waals surface area contributed by atoms with Gasteiger partial charge in [-0.25, -0.2) is 8.78 Å². The van der Waals surface area contributed by atoms with E-state index in [1.165, 1.54) is 0 Å². The van der Waals surface area contributed by atoms with E-state index in [1.54, 1.807) is 12.1 Å². The number of alkyl halides is 2. The smallest absolute Gasteiger partial charge is 0.255 e. The molecule has 3 aliphatic heterocycles. The van der Waals surface area contributed by atoms with Crippen LogP contribution in [0.5, 0.6) is 0 Å². The Balaban J connectivity index is 1.27. The summed E-state index contributed by atoms with van der Waals surface area (Å²) in [6.45, 7) is 8.71. The van der Waals surface area contributed by atoms with Gasteiger partial charge in [-0.3, -0.25) is 0 Å². The Bertz CT molecular complexity index is 811. The first-order valence-corrected chi connectivity index (χ1v) is 10.9. The number of rotatable bonds is 5. The van der Waals surface area contributed by atoms with Crippen LogP contribution in [0.15, 0.2) is 24.3 Å². The molecule has 3 heterocycles. The van der Waals surface area contributed by atoms with Crippen molar-refractivity contribution in [3.05, 3.63) is 35.4 Å². The second-order valence-electron chi connectivity index (χ2n) is 9.88. The van der Waals surface area contributed by atoms with Crippen molar-refractivity contribution in [2.24, 2.45) is 11.8 Å². The minimum absolute atomic E-state index is 0.0417. The number of halogens is 2. The zero-order valence-corrected chi connectivity index (χ0v) is 18.3. The molecule has 31 heavy (non-hydrogen) atoms. The number of hydrogen-bond donors (Lipinski definition) is 0. The Morgan fingerprint density at radius 2 is 1.61 bits per heavy atom. The first kappa shape index (κ1) is 21.7. The highest BCUT2D eigenvalue weighted by atomic mass is 19.3. The molecule has 0 radical (unpaired) electrons. The molecule has 3 saturated heterocycles. The molecule has 4 aliphatic rings. The van der Waals surface area contributed by atoms with Crippen molar-refractivity contribution in [1.29, 1.82) is 0 Å². The lowest BCUT2D eigenvalue weighted by Crippen LogP contribution is -2.47. The normalized spacial score (nSPS) is 39.9. The van der Waals surface area contributed by atoms with Crippen molar-refractivity contribution in [3.63, 3.8) is 0 Å². The van der Waals surface area contributed by atoms with E-state index in [-0.39, 0.29) is 24.4 Å². The van der Waals surface area contributed by atoms with Gasteiger partial charge in [-0.2, -0.15) is 0 Å². The van der Waals surface area contributed by atoms with Gasteiger partial charge in [0.1, 0.15) is 0 Å². The van der Waals surface area contributed by atoms with Gasteiger partial charge in [0.2, 0.25) is 0 Å². The van der Waals surface area contributed by atoms with Crippen LogP contribution >= 0.6 is 0 Å². The van der Waals surface area contributed by atoms with Gasteiger partial charge in [0, 0.05) is 18.3 Å². The van der Waals surface area contributed by atoms with Gasteiger partial charge in [0.05, 0.1) is 31.8 Å². The Labute approximate surface area is 181 Å². The lowest BCUT2D eigenvalue weighted by Gasteiger charge is -2.38. The van der Waals surface area contributed by atoms with Gasteiger partial charge in [-0.05, 0) is 38.8 Å². The van der Waals surface area contributed by atoms with Crippen LogP contribution in [-0.2, 0) is 35.0 Å². The molecular weight excluding hydrogens is 410 g/mol. The average molecular weight is 440 g/mol. The van der Waals surface area contributed by atoms with Crippen LogP contribution in [-0.4, -0.2) is 49.4 Å². The molecule has 0 bridgehead atoms. The predicted octanol–water partition coefficient (Wildman–Crippen LogP) is 4.18. The van der Waals surface area contributed by atoms with E-state index in [2.05, 4.69) is 0 Å². The van der Waals surface area contributed by atoms with Crippen molar-refractivity contribution < 1.29 is 37.2 Å². The first-order valence-electron chi connectivity index (χ1n) is 10.9. The fraction of sp³-hybridized carbons (Fsp3) is 0.739. The summed E-state index contributed by atoms with van der Waals surface area (Å²) < 4.78 is 62.7. The summed E-state index contributed by atoms with van der Waals surface area (Å²) in [6.07, 6.45) is -1.28. The van der Waals surface area contributed by atoms with E-state index in [0.717, 1.165) is 5.56 Å². The lowest BCUT2D eigenvalue weighted by atomic mass is 9.88. The average Bonchev–Trinajstić information content (AvgIpc) is 3.01. The number of benzene rings is 1. The Morgan fingerprint density at radius 1 is 0.968 bits per heavy atom. The van der Waals surface area contributed by atoms with E-state index in [0.29, 0.717) is 25.4 Å². The van der Waals surface area contributed by atoms with Crippen LogP contribution in [0.1, 0.15) is 51.2 Å². The number of hydrogen-bond acceptors (Lipinski definition) is 6. The van der Waals surface area contributed by atoms with Crippen molar-refractivity contribution >= 4 is 0 Å². The Kier molecular flexibility index (Phi) is 5.20. The van der Waals surface area contributed by atoms with E-state index < -0.39 is 36.0 Å². The van der Waals surface area contributed by atoms with Gasteiger partial charge >= 0.3 is 0 Å². The third-order valence-electron chi connectivity index (χ3n) is 6.53. The summed E-state index contributed by atoms with van der Waals surface area (Å²) >= 11 is 0. The van der Waals surface area contributed by atoms with Gasteiger partial charge in [-0.1, -0.05) is 24.3 Å². The molecule has 1 aromatic rings. The van der Waals surface area contributed by atoms with E-state index >= 15 is 0 Å². The van der Waals surface area contributed by atoms with Gasteiger partial charge in [0.25, 0.3) is 5.92 Å². The summed E-state index contributed by atoms with van der Waals surface area (Å²) in [5.74, 6) is -4.77. The topological polar surface area (TPSA) is 55.4 Å². The molecule has 8 heteroatoms. The molecule has 0 spiro atoms. The Morgan fingerprint density at radius 3 is 2.23 bits per heavy atom. The Hall–Kier alpha value is -1.16. The van der Waals surface area contributed by atoms with Crippen molar-refractivity contribution in [2.75, 3.05) is 13.2 Å². The molecule has 6 nitrogen and oxygen atoms in total. The highest BCUT2D eigenvalue weighted by Gasteiger charge is 2.58. The number of ether oxygens (including phenoxy) is 6. The maximum Gasteiger partial charge on any atom is 0.255 e. The van der Waals surface area contributed by atoms with Crippen LogP contribution in [0.3, 0.4) is 0 Å². The van der Waals surface area contributed by atoms with Crippen LogP contribution in [0, 0.1) is 11.8 Å². The standard InChI is InChI=1S/C23H30F2O6/c1-21(2)28-12-17(30-21)18-15-11-27-22(3,4)31-19(15)29-20(18)26-10-13-5-7-14(8-6-13)16-9-23(16,24)25/h5-8,15-20H,9-12H2,1-4H3/t15?,16?,17-,18?,19?,20?/m0/s1. The molecule has 1 aliphatic carbocycles. The predicted molar refractivity (Wildman–Crippen MR) is 105 cm³/mol. The fourth-order valence-electron chi connectivity index (χ4n) is 4.73. The van der Waals surface area contributed by atoms with Gasteiger partial charge in [-0.15, -0.1) is 0 Å². The molecule has 0 N–H and O–H groups in total. The minimum Gasteiger partial charge on any atom is -0.350 e. The molecular formula is C23H30F2O6. The second kappa shape index (κ2) is 7.43. The summed E-state index contributed by atoms with van der Waals surface area (Å²) in [5, 5.41) is 0. The van der Waals surface area contributed by atoms with Crippen molar-refractivity contribution in [2.45, 2.75) is 82.8 Å². The second-order valence-corrected chi connectivity index (χ2v) is 9.88. The first-order chi connectivity index (χ1) is 14.5. The summed E-state index contributed by atoms with van der Waals surface area (Å²) in [6, 6.07) is 7.18. The zero-order valence-electron chi connectivity index (χ0n) is 18.3. The number of fused-ring (bicyclic) bond motifs is 1. The highest BCUT2D eigenvalue weighted by Crippen LogP contribution is 2.55. The molecule has 5 unspecified atom stereocenters. The van der Waals surface area contributed by atoms with E-state index in [1.807, 2.05) is 39.8 Å². The zero-order chi connectivity index (χ0) is 22.0. The summed E-state index contributed by atoms with van der Waals surface area (Å²) in [4.78, 5) is 0. The SMILES string of the molecule is CC1(C)OCC2C(OC(OCc3ccc(C4CC4(F)F)cc3)C2[C@@H]2COC(C)(C)O2)O1. The van der Waals surface area contributed by atoms with Crippen molar-refractivity contribution in [1.82, 2.24) is 0 Å². The molecule has 1 saturated carbocycles. The fourth-order valence-corrected chi connectivity index (χ4v) is 4.73. The largest absolute Gasteiger partial charge is 0.350 e. The van der Waals surface area contributed by atoms with Crippen LogP contribution < -0.4 is 0 Å². The van der Waals surface area contributed by atoms with E-state index in [4.69, 9.17) is 28.4 Å². The molecule has 0 aromatic heterocycles. The maximum atomic E-state index is 13.3. The molecule has 172 valence electrons. The highest BCUT2D eigenvalue weighted by molar-refractivity contribution is 5.31. The van der Waals surface area contributed by atoms with Gasteiger partial charge in [0.15, 0.2) is 24.2 Å². The van der Waals surface area contributed by atoms with Crippen LogP contribution in [0.2, 0.25) is 0 Å². The summed E-state index contributed by atoms with van der Waals surface area (Å²) in [7, 11) is 0. The van der Waals surface area contributed by atoms with Gasteiger partial charge < -0.3 is 28.4 Å².